The molecule has 0 aromatic rings. The van der Waals surface area contributed by atoms with Gasteiger partial charge in [-0.2, -0.15) is 5.26 Å². The van der Waals surface area contributed by atoms with Crippen LogP contribution in [0.5, 0.6) is 0 Å². The second kappa shape index (κ2) is 6.41. The van der Waals surface area contributed by atoms with Crippen molar-refractivity contribution in [3.8, 4) is 6.07 Å². The first-order valence-electron chi connectivity index (χ1n) is 5.66. The highest BCUT2D eigenvalue weighted by molar-refractivity contribution is 5.75. The van der Waals surface area contributed by atoms with Gasteiger partial charge in [0.05, 0.1) is 6.07 Å². The van der Waals surface area contributed by atoms with Crippen LogP contribution < -0.4 is 5.32 Å². The third kappa shape index (κ3) is 3.88. The van der Waals surface area contributed by atoms with Gasteiger partial charge in [0, 0.05) is 38.5 Å². The van der Waals surface area contributed by atoms with Gasteiger partial charge >= 0.3 is 0 Å². The van der Waals surface area contributed by atoms with Crippen molar-refractivity contribution < 1.29 is 4.79 Å². The molecule has 1 N–H and O–H groups in total. The van der Waals surface area contributed by atoms with Crippen LogP contribution in [0.4, 0.5) is 0 Å². The molecule has 1 rings (SSSR count). The van der Waals surface area contributed by atoms with E-state index in [2.05, 4.69) is 11.4 Å². The zero-order chi connectivity index (χ0) is 11.1. The molecule has 0 atom stereocenters. The third-order valence-corrected chi connectivity index (χ3v) is 2.82. The molecule has 1 saturated heterocycles. The summed E-state index contributed by atoms with van der Waals surface area (Å²) in [6.45, 7) is 4.39. The Hall–Kier alpha value is -1.08. The molecular formula is C11H19N3O. The minimum absolute atomic E-state index is 0.255. The van der Waals surface area contributed by atoms with Crippen LogP contribution in [-0.4, -0.2) is 36.5 Å². The van der Waals surface area contributed by atoms with Crippen molar-refractivity contribution in [3.63, 3.8) is 0 Å². The van der Waals surface area contributed by atoms with Gasteiger partial charge in [-0.1, -0.05) is 6.92 Å². The number of nitriles is 1. The number of carbonyl (C=O) groups is 1. The summed E-state index contributed by atoms with van der Waals surface area (Å²) < 4.78 is 0. The topological polar surface area (TPSA) is 56.1 Å². The summed E-state index contributed by atoms with van der Waals surface area (Å²) in [5, 5.41) is 11.7. The third-order valence-electron chi connectivity index (χ3n) is 2.82. The zero-order valence-corrected chi connectivity index (χ0v) is 9.33. The average Bonchev–Trinajstić information content (AvgIpc) is 2.29. The molecule has 4 nitrogen and oxygen atoms in total. The molecular weight excluding hydrogens is 190 g/mol. The fourth-order valence-electron chi connectivity index (χ4n) is 1.89. The van der Waals surface area contributed by atoms with E-state index in [9.17, 15) is 4.79 Å². The van der Waals surface area contributed by atoms with Crippen LogP contribution in [-0.2, 0) is 4.79 Å². The Labute approximate surface area is 91.2 Å². The molecule has 0 aromatic carbocycles. The van der Waals surface area contributed by atoms with Crippen molar-refractivity contribution in [1.82, 2.24) is 10.2 Å². The summed E-state index contributed by atoms with van der Waals surface area (Å²) in [4.78, 5) is 13.3. The van der Waals surface area contributed by atoms with Crippen LogP contribution in [0.2, 0.25) is 0 Å². The fourth-order valence-corrected chi connectivity index (χ4v) is 1.89. The maximum absolute atomic E-state index is 11.4. The van der Waals surface area contributed by atoms with Crippen LogP contribution in [0.15, 0.2) is 0 Å². The van der Waals surface area contributed by atoms with E-state index in [-0.39, 0.29) is 5.91 Å². The number of rotatable bonds is 4. The van der Waals surface area contributed by atoms with Crippen molar-refractivity contribution in [2.75, 3.05) is 19.6 Å². The quantitative estimate of drug-likeness (QED) is 0.700. The van der Waals surface area contributed by atoms with Crippen molar-refractivity contribution >= 4 is 5.91 Å². The summed E-state index contributed by atoms with van der Waals surface area (Å²) in [6, 6.07) is 2.60. The van der Waals surface area contributed by atoms with Crippen molar-refractivity contribution in [2.45, 2.75) is 38.6 Å². The molecule has 1 fully saturated rings. The highest BCUT2D eigenvalue weighted by Gasteiger charge is 2.20. The van der Waals surface area contributed by atoms with E-state index < -0.39 is 0 Å². The van der Waals surface area contributed by atoms with Gasteiger partial charge in [0.25, 0.3) is 0 Å². The van der Waals surface area contributed by atoms with Crippen LogP contribution in [0.25, 0.3) is 0 Å². The number of nitrogens with one attached hydrogen (secondary N) is 1. The second-order valence-corrected chi connectivity index (χ2v) is 3.87. The Kier molecular flexibility index (Phi) is 5.13. The number of piperidine rings is 1. The molecule has 0 aromatic heterocycles. The minimum atomic E-state index is 0.255. The molecule has 4 heteroatoms. The van der Waals surface area contributed by atoms with Gasteiger partial charge in [0.2, 0.25) is 5.91 Å². The highest BCUT2D eigenvalue weighted by atomic mass is 16.2. The number of carbonyl (C=O) groups excluding carboxylic acids is 1. The van der Waals surface area contributed by atoms with E-state index >= 15 is 0 Å². The van der Waals surface area contributed by atoms with E-state index in [0.717, 1.165) is 32.5 Å². The largest absolute Gasteiger partial charge is 0.343 e. The molecule has 0 spiro atoms. The maximum atomic E-state index is 11.4. The van der Waals surface area contributed by atoms with Gasteiger partial charge in [0.1, 0.15) is 0 Å². The lowest BCUT2D eigenvalue weighted by molar-refractivity contribution is -0.131. The van der Waals surface area contributed by atoms with E-state index in [1.54, 1.807) is 0 Å². The van der Waals surface area contributed by atoms with Gasteiger partial charge < -0.3 is 10.2 Å². The van der Waals surface area contributed by atoms with Crippen molar-refractivity contribution in [1.29, 1.82) is 5.26 Å². The molecule has 15 heavy (non-hydrogen) atoms. The number of hydrogen-bond acceptors (Lipinski definition) is 3. The SMILES string of the molecule is CCC(=O)N1CCC(NCCC#N)CC1. The predicted molar refractivity (Wildman–Crippen MR) is 58.1 cm³/mol. The van der Waals surface area contributed by atoms with E-state index in [1.807, 2.05) is 11.8 Å². The maximum Gasteiger partial charge on any atom is 0.222 e. The molecule has 0 radical (unpaired) electrons. The van der Waals surface area contributed by atoms with Gasteiger partial charge in [0.15, 0.2) is 0 Å². The minimum Gasteiger partial charge on any atom is -0.343 e. The normalized spacial score (nSPS) is 17.5. The Morgan fingerprint density at radius 3 is 2.73 bits per heavy atom. The highest BCUT2D eigenvalue weighted by Crippen LogP contribution is 2.11. The number of likely N-dealkylation sites (tertiary alicyclic amines) is 1. The molecule has 1 heterocycles. The van der Waals surface area contributed by atoms with Gasteiger partial charge in [-0.05, 0) is 12.8 Å². The fraction of sp³-hybridized carbons (Fsp3) is 0.818. The Morgan fingerprint density at radius 2 is 2.20 bits per heavy atom. The average molecular weight is 209 g/mol. The van der Waals surface area contributed by atoms with Gasteiger partial charge in [-0.15, -0.1) is 0 Å². The van der Waals surface area contributed by atoms with E-state index in [4.69, 9.17) is 5.26 Å². The summed E-state index contributed by atoms with van der Waals surface area (Å²) in [6.07, 6.45) is 3.19. The van der Waals surface area contributed by atoms with E-state index in [0.29, 0.717) is 18.9 Å². The Balaban J connectivity index is 2.18. The smallest absolute Gasteiger partial charge is 0.222 e. The standard InChI is InChI=1S/C11H19N3O/c1-2-11(15)14-8-4-10(5-9-14)13-7-3-6-12/h10,13H,2-5,7-9H2,1H3. The van der Waals surface area contributed by atoms with Gasteiger partial charge in [-0.3, -0.25) is 4.79 Å². The van der Waals surface area contributed by atoms with Crippen molar-refractivity contribution in [2.24, 2.45) is 0 Å². The molecule has 1 amide bonds. The van der Waals surface area contributed by atoms with Crippen LogP contribution >= 0.6 is 0 Å². The summed E-state index contributed by atoms with van der Waals surface area (Å²) in [7, 11) is 0. The van der Waals surface area contributed by atoms with Crippen molar-refractivity contribution in [3.05, 3.63) is 0 Å². The number of amides is 1. The molecule has 0 aliphatic carbocycles. The molecule has 0 saturated carbocycles. The molecule has 0 unspecified atom stereocenters. The van der Waals surface area contributed by atoms with Crippen LogP contribution in [0.1, 0.15) is 32.6 Å². The Morgan fingerprint density at radius 1 is 1.53 bits per heavy atom. The first-order chi connectivity index (χ1) is 7.27. The first kappa shape index (κ1) is 12.0. The molecule has 0 bridgehead atoms. The summed E-state index contributed by atoms with van der Waals surface area (Å²) >= 11 is 0. The monoisotopic (exact) mass is 209 g/mol. The summed E-state index contributed by atoms with van der Waals surface area (Å²) in [5.74, 6) is 0.255. The molecule has 84 valence electrons. The lowest BCUT2D eigenvalue weighted by Gasteiger charge is -2.32. The number of nitrogens with zero attached hydrogens (tertiary/aromatic N) is 2. The first-order valence-corrected chi connectivity index (χ1v) is 5.66. The lowest BCUT2D eigenvalue weighted by Crippen LogP contribution is -2.44. The summed E-state index contributed by atoms with van der Waals surface area (Å²) in [5.41, 5.74) is 0. The lowest BCUT2D eigenvalue weighted by atomic mass is 10.0. The predicted octanol–water partition coefficient (Wildman–Crippen LogP) is 0.891. The second-order valence-electron chi connectivity index (χ2n) is 3.87. The molecule has 1 aliphatic heterocycles. The zero-order valence-electron chi connectivity index (χ0n) is 9.33. The number of hydrogen-bond donors (Lipinski definition) is 1. The molecule has 1 aliphatic rings. The Bertz CT molecular complexity index is 239. The van der Waals surface area contributed by atoms with E-state index in [1.165, 1.54) is 0 Å². The van der Waals surface area contributed by atoms with Crippen LogP contribution in [0.3, 0.4) is 0 Å². The van der Waals surface area contributed by atoms with Crippen LogP contribution in [0, 0.1) is 11.3 Å². The van der Waals surface area contributed by atoms with Gasteiger partial charge in [-0.25, -0.2) is 0 Å².